The maximum Gasteiger partial charge on any atom is 0.354 e. The number of hydrogen-bond acceptors (Lipinski definition) is 7. The van der Waals surface area contributed by atoms with E-state index in [4.69, 9.17) is 9.47 Å². The van der Waals surface area contributed by atoms with Gasteiger partial charge in [0.05, 0.1) is 16.9 Å². The average Bonchev–Trinajstić information content (AvgIpc) is 3.45. The second-order valence-electron chi connectivity index (χ2n) is 7.98. The Morgan fingerprint density at radius 1 is 1.15 bits per heavy atom. The van der Waals surface area contributed by atoms with Gasteiger partial charge in [0.15, 0.2) is 0 Å². The Labute approximate surface area is 198 Å². The smallest absolute Gasteiger partial charge is 0.354 e. The average molecular weight is 482 g/mol. The highest BCUT2D eigenvalue weighted by Gasteiger charge is 2.60. The van der Waals surface area contributed by atoms with Crippen LogP contribution >= 0.6 is 11.3 Å². The van der Waals surface area contributed by atoms with Gasteiger partial charge in [0.1, 0.15) is 29.8 Å². The second-order valence-corrected chi connectivity index (χ2v) is 8.92. The number of carbonyl (C=O) groups excluding carboxylic acids is 3. The van der Waals surface area contributed by atoms with Gasteiger partial charge in [0, 0.05) is 25.3 Å². The minimum absolute atomic E-state index is 0.112. The van der Waals surface area contributed by atoms with Crippen LogP contribution in [0.3, 0.4) is 0 Å². The molecule has 1 aromatic heterocycles. The lowest BCUT2D eigenvalue weighted by molar-refractivity contribution is -0.158. The summed E-state index contributed by atoms with van der Waals surface area (Å²) in [6.07, 6.45) is 0.275. The zero-order chi connectivity index (χ0) is 23.9. The molecule has 1 fully saturated rings. The Morgan fingerprint density at radius 3 is 2.71 bits per heavy atom. The van der Waals surface area contributed by atoms with E-state index in [0.717, 1.165) is 0 Å². The van der Waals surface area contributed by atoms with Gasteiger partial charge in [0.2, 0.25) is 11.6 Å². The molecule has 1 atom stereocenters. The fourth-order valence-electron chi connectivity index (χ4n) is 4.30. The zero-order valence-corrected chi connectivity index (χ0v) is 19.0. The molecule has 8 nitrogen and oxygen atoms in total. The quantitative estimate of drug-likeness (QED) is 0.501. The van der Waals surface area contributed by atoms with Gasteiger partial charge in [-0.25, -0.2) is 14.2 Å². The Kier molecular flexibility index (Phi) is 5.52. The van der Waals surface area contributed by atoms with Gasteiger partial charge in [-0.2, -0.15) is 0 Å². The van der Waals surface area contributed by atoms with Gasteiger partial charge in [-0.15, -0.1) is 11.3 Å². The Morgan fingerprint density at radius 2 is 1.91 bits per heavy atom. The lowest BCUT2D eigenvalue weighted by Gasteiger charge is -2.46. The third kappa shape index (κ3) is 3.60. The van der Waals surface area contributed by atoms with E-state index in [1.807, 2.05) is 0 Å². The van der Waals surface area contributed by atoms with Gasteiger partial charge in [-0.1, -0.05) is 12.1 Å². The number of likely N-dealkylation sites (N-methyl/N-ethyl adjacent to an activating group) is 1. The minimum atomic E-state index is -1.52. The molecule has 10 heteroatoms. The molecule has 0 saturated carbocycles. The van der Waals surface area contributed by atoms with Crippen molar-refractivity contribution < 1.29 is 28.2 Å². The van der Waals surface area contributed by atoms with Crippen molar-refractivity contribution in [2.75, 3.05) is 11.9 Å². The van der Waals surface area contributed by atoms with Crippen molar-refractivity contribution in [1.82, 2.24) is 9.88 Å². The number of amides is 2. The molecular weight excluding hydrogens is 461 g/mol. The topological polar surface area (TPSA) is 89.0 Å². The third-order valence-corrected chi connectivity index (χ3v) is 6.87. The number of thiazole rings is 1. The van der Waals surface area contributed by atoms with Crippen molar-refractivity contribution in [2.45, 2.75) is 31.7 Å². The highest BCUT2D eigenvalue weighted by atomic mass is 32.1. The molecular formula is C24H20FN3O5S. The van der Waals surface area contributed by atoms with Crippen molar-refractivity contribution >= 4 is 34.8 Å². The van der Waals surface area contributed by atoms with Crippen LogP contribution in [-0.4, -0.2) is 40.4 Å². The van der Waals surface area contributed by atoms with Crippen LogP contribution < -0.4 is 9.64 Å². The van der Waals surface area contributed by atoms with Crippen LogP contribution in [0.2, 0.25) is 0 Å². The van der Waals surface area contributed by atoms with Gasteiger partial charge in [-0.3, -0.25) is 14.5 Å². The number of halogens is 1. The van der Waals surface area contributed by atoms with Crippen LogP contribution in [0.1, 0.15) is 33.9 Å². The molecule has 0 radical (unpaired) electrons. The van der Waals surface area contributed by atoms with E-state index in [1.165, 1.54) is 52.4 Å². The molecule has 0 spiro atoms. The van der Waals surface area contributed by atoms with Crippen molar-refractivity contribution in [3.05, 3.63) is 76.0 Å². The van der Waals surface area contributed by atoms with Gasteiger partial charge in [0.25, 0.3) is 5.91 Å². The van der Waals surface area contributed by atoms with Crippen LogP contribution in [0.4, 0.5) is 10.1 Å². The molecule has 1 saturated heterocycles. The highest BCUT2D eigenvalue weighted by Crippen LogP contribution is 2.44. The van der Waals surface area contributed by atoms with Crippen molar-refractivity contribution in [3.63, 3.8) is 0 Å². The first-order valence-electron chi connectivity index (χ1n) is 10.6. The minimum Gasteiger partial charge on any atom is -0.486 e. The number of nitrogens with zero attached hydrogens (tertiary/aromatic N) is 3. The summed E-state index contributed by atoms with van der Waals surface area (Å²) in [7, 11) is 1.51. The predicted molar refractivity (Wildman–Crippen MR) is 121 cm³/mol. The molecule has 0 bridgehead atoms. The van der Waals surface area contributed by atoms with Crippen LogP contribution in [0.15, 0.2) is 53.9 Å². The van der Waals surface area contributed by atoms with E-state index in [1.54, 1.807) is 29.6 Å². The first-order chi connectivity index (χ1) is 16.4. The van der Waals surface area contributed by atoms with E-state index < -0.39 is 11.6 Å². The van der Waals surface area contributed by atoms with Gasteiger partial charge < -0.3 is 14.4 Å². The standard InChI is InChI=1S/C24H20FN3O5S/c1-27-22(30)18-4-2-3-5-19(18)28-21(29)10-11-24(27,28)23(31)33-12-16-14-34-20(26-16)13-32-17-8-6-15(25)7-9-17/h2-9,14H,10-13H2,1H3. The number of rotatable bonds is 6. The first kappa shape index (κ1) is 22.0. The van der Waals surface area contributed by atoms with Crippen molar-refractivity contribution in [2.24, 2.45) is 0 Å². The molecule has 34 heavy (non-hydrogen) atoms. The zero-order valence-electron chi connectivity index (χ0n) is 18.2. The number of benzene rings is 2. The van der Waals surface area contributed by atoms with E-state index >= 15 is 0 Å². The normalized spacial score (nSPS) is 19.1. The van der Waals surface area contributed by atoms with E-state index in [9.17, 15) is 18.8 Å². The number of aromatic nitrogens is 1. The summed E-state index contributed by atoms with van der Waals surface area (Å²) >= 11 is 1.34. The van der Waals surface area contributed by atoms with E-state index in [0.29, 0.717) is 27.7 Å². The molecule has 1 unspecified atom stereocenters. The van der Waals surface area contributed by atoms with Crippen LogP contribution in [0, 0.1) is 5.82 Å². The summed E-state index contributed by atoms with van der Waals surface area (Å²) < 4.78 is 24.2. The fourth-order valence-corrected chi connectivity index (χ4v) is 4.99. The lowest BCUT2D eigenvalue weighted by atomic mass is 9.97. The molecule has 2 aromatic carbocycles. The number of ether oxygens (including phenoxy) is 2. The summed E-state index contributed by atoms with van der Waals surface area (Å²) in [6.45, 7) is 0.0732. The summed E-state index contributed by atoms with van der Waals surface area (Å²) in [5, 5.41) is 2.40. The molecule has 0 N–H and O–H groups in total. The molecule has 2 aliphatic rings. The monoisotopic (exact) mass is 481 g/mol. The maximum atomic E-state index is 13.3. The summed E-state index contributed by atoms with van der Waals surface area (Å²) in [6, 6.07) is 12.4. The second kappa shape index (κ2) is 8.53. The fraction of sp³-hybridized carbons (Fsp3) is 0.250. The van der Waals surface area contributed by atoms with Crippen LogP contribution in [0.5, 0.6) is 5.75 Å². The molecule has 0 aliphatic carbocycles. The third-order valence-electron chi connectivity index (χ3n) is 5.99. The van der Waals surface area contributed by atoms with Crippen LogP contribution in [0.25, 0.3) is 0 Å². The summed E-state index contributed by atoms with van der Waals surface area (Å²) in [5.41, 5.74) is -0.214. The van der Waals surface area contributed by atoms with E-state index in [2.05, 4.69) is 4.98 Å². The van der Waals surface area contributed by atoms with Crippen molar-refractivity contribution in [3.8, 4) is 5.75 Å². The largest absolute Gasteiger partial charge is 0.486 e. The number of esters is 1. The molecule has 3 heterocycles. The van der Waals surface area contributed by atoms with Gasteiger partial charge in [-0.05, 0) is 36.4 Å². The summed E-state index contributed by atoms with van der Waals surface area (Å²) in [5.74, 6) is -1.09. The number of para-hydroxylation sites is 1. The van der Waals surface area contributed by atoms with Crippen LogP contribution in [-0.2, 0) is 27.5 Å². The first-order valence-corrected chi connectivity index (χ1v) is 11.5. The molecule has 2 aliphatic heterocycles. The Bertz CT molecular complexity index is 1280. The van der Waals surface area contributed by atoms with Gasteiger partial charge >= 0.3 is 5.97 Å². The lowest BCUT2D eigenvalue weighted by Crippen LogP contribution is -2.67. The molecule has 174 valence electrons. The Balaban J connectivity index is 1.29. The molecule has 2 amide bonds. The molecule has 5 rings (SSSR count). The summed E-state index contributed by atoms with van der Waals surface area (Å²) in [4.78, 5) is 46.2. The maximum absolute atomic E-state index is 13.3. The number of hydrogen-bond donors (Lipinski definition) is 0. The SMILES string of the molecule is CN1C(=O)c2ccccc2N2C(=O)CCC12C(=O)OCc1csc(COc2ccc(F)cc2)n1. The molecule has 3 aromatic rings. The van der Waals surface area contributed by atoms with E-state index in [-0.39, 0.29) is 43.7 Å². The highest BCUT2D eigenvalue weighted by molar-refractivity contribution is 7.09. The number of anilines is 1. The number of fused-ring (bicyclic) bond motifs is 3. The number of carbonyl (C=O) groups is 3. The van der Waals surface area contributed by atoms with Crippen molar-refractivity contribution in [1.29, 1.82) is 0 Å². The predicted octanol–water partition coefficient (Wildman–Crippen LogP) is 3.51. The Hall–Kier alpha value is -3.79.